The number of hydrogen-bond acceptors (Lipinski definition) is 1. The van der Waals surface area contributed by atoms with Gasteiger partial charge in [0.1, 0.15) is 0 Å². The Morgan fingerprint density at radius 3 is 1.95 bits per heavy atom. The Kier molecular flexibility index (Phi) is 5.51. The van der Waals surface area contributed by atoms with Crippen molar-refractivity contribution in [3.05, 3.63) is 35.9 Å². The van der Waals surface area contributed by atoms with Gasteiger partial charge in [-0.05, 0) is 0 Å². The SMILES string of the molecule is CC(C)(C)N=C(c1ccccc1)[N]([Ge][Cl])C(C)(C)C. The van der Waals surface area contributed by atoms with E-state index < -0.39 is 14.7 Å². The van der Waals surface area contributed by atoms with E-state index in [0.717, 1.165) is 11.4 Å². The summed E-state index contributed by atoms with van der Waals surface area (Å²) in [6.45, 7) is 12.9. The first-order chi connectivity index (χ1) is 8.65. The Bertz CT molecular complexity index is 430. The Hall–Kier alpha value is -0.477. The van der Waals surface area contributed by atoms with E-state index in [2.05, 4.69) is 57.5 Å². The van der Waals surface area contributed by atoms with Gasteiger partial charge in [-0.15, -0.1) is 0 Å². The maximum absolute atomic E-state index is 6.30. The van der Waals surface area contributed by atoms with E-state index in [1.807, 2.05) is 18.2 Å². The van der Waals surface area contributed by atoms with Crippen LogP contribution in [0.15, 0.2) is 35.3 Å². The second kappa shape index (κ2) is 6.32. The van der Waals surface area contributed by atoms with Gasteiger partial charge in [-0.1, -0.05) is 0 Å². The molecular weight excluding hydrogens is 316 g/mol. The molecule has 104 valence electrons. The van der Waals surface area contributed by atoms with E-state index in [0.29, 0.717) is 0 Å². The summed E-state index contributed by atoms with van der Waals surface area (Å²) in [5.41, 5.74) is 1.01. The van der Waals surface area contributed by atoms with E-state index >= 15 is 0 Å². The second-order valence-corrected chi connectivity index (χ2v) is 8.73. The summed E-state index contributed by atoms with van der Waals surface area (Å²) < 4.78 is 2.26. The molecule has 0 bridgehead atoms. The first-order valence-electron chi connectivity index (χ1n) is 6.47. The number of aliphatic imine (C=N–C) groups is 1. The summed E-state index contributed by atoms with van der Waals surface area (Å²) >= 11 is -0.733. The summed E-state index contributed by atoms with van der Waals surface area (Å²) in [5, 5.41) is 0. The zero-order chi connectivity index (χ0) is 14.7. The Labute approximate surface area is 128 Å². The van der Waals surface area contributed by atoms with Crippen LogP contribution in [0.2, 0.25) is 0 Å². The molecule has 0 amide bonds. The van der Waals surface area contributed by atoms with Crippen LogP contribution in [0.3, 0.4) is 0 Å². The fraction of sp³-hybridized carbons (Fsp3) is 0.533. The van der Waals surface area contributed by atoms with Crippen molar-refractivity contribution in [3.63, 3.8) is 0 Å². The van der Waals surface area contributed by atoms with Gasteiger partial charge in [-0.3, -0.25) is 0 Å². The van der Waals surface area contributed by atoms with Gasteiger partial charge >= 0.3 is 128 Å². The Morgan fingerprint density at radius 2 is 1.58 bits per heavy atom. The van der Waals surface area contributed by atoms with Crippen LogP contribution in [-0.4, -0.2) is 35.5 Å². The van der Waals surface area contributed by atoms with Crippen LogP contribution in [0, 0.1) is 0 Å². The summed E-state index contributed by atoms with van der Waals surface area (Å²) in [6.07, 6.45) is 0. The zero-order valence-corrected chi connectivity index (χ0v) is 15.5. The van der Waals surface area contributed by atoms with Crippen molar-refractivity contribution in [3.8, 4) is 0 Å². The average molecular weight is 339 g/mol. The van der Waals surface area contributed by atoms with Gasteiger partial charge in [-0.25, -0.2) is 0 Å². The molecule has 1 aromatic rings. The first kappa shape index (κ1) is 16.6. The molecule has 0 aliphatic heterocycles. The van der Waals surface area contributed by atoms with Crippen molar-refractivity contribution in [2.24, 2.45) is 4.99 Å². The van der Waals surface area contributed by atoms with Crippen LogP contribution in [0.1, 0.15) is 47.1 Å². The Morgan fingerprint density at radius 1 is 1.05 bits per heavy atom. The fourth-order valence-electron chi connectivity index (χ4n) is 1.63. The average Bonchev–Trinajstić information content (AvgIpc) is 2.26. The van der Waals surface area contributed by atoms with Crippen LogP contribution in [0.25, 0.3) is 0 Å². The van der Waals surface area contributed by atoms with E-state index in [9.17, 15) is 0 Å². The molecule has 0 fully saturated rings. The predicted molar refractivity (Wildman–Crippen MR) is 85.9 cm³/mol. The first-order valence-corrected chi connectivity index (χ1v) is 10.2. The van der Waals surface area contributed by atoms with Crippen molar-refractivity contribution in [1.82, 2.24) is 3.86 Å². The summed E-state index contributed by atoms with van der Waals surface area (Å²) in [7, 11) is 6.30. The molecule has 0 saturated heterocycles. The van der Waals surface area contributed by atoms with Crippen molar-refractivity contribution in [2.45, 2.75) is 52.6 Å². The maximum atomic E-state index is 6.30. The third-order valence-electron chi connectivity index (χ3n) is 2.44. The number of benzene rings is 1. The normalized spacial score (nSPS) is 13.5. The van der Waals surface area contributed by atoms with Crippen LogP contribution >= 0.6 is 10.0 Å². The Balaban J connectivity index is 3.32. The molecule has 1 rings (SSSR count). The van der Waals surface area contributed by atoms with Gasteiger partial charge in [0.15, 0.2) is 0 Å². The minimum absolute atomic E-state index is 0.0122. The summed E-state index contributed by atoms with van der Waals surface area (Å²) in [4.78, 5) is 4.91. The molecule has 1 aromatic carbocycles. The van der Waals surface area contributed by atoms with Gasteiger partial charge < -0.3 is 0 Å². The number of hydrogen-bond donors (Lipinski definition) is 0. The van der Waals surface area contributed by atoms with E-state index in [1.165, 1.54) is 0 Å². The van der Waals surface area contributed by atoms with Crippen LogP contribution in [0.4, 0.5) is 0 Å². The van der Waals surface area contributed by atoms with Crippen LogP contribution in [0.5, 0.6) is 0 Å². The second-order valence-electron chi connectivity index (χ2n) is 6.56. The van der Waals surface area contributed by atoms with Crippen molar-refractivity contribution in [1.29, 1.82) is 0 Å². The molecule has 0 unspecified atom stereocenters. The van der Waals surface area contributed by atoms with Crippen molar-refractivity contribution >= 4 is 30.6 Å². The molecule has 4 heteroatoms. The van der Waals surface area contributed by atoms with E-state index in [1.54, 1.807) is 0 Å². The number of amidine groups is 1. The van der Waals surface area contributed by atoms with Crippen LogP contribution < -0.4 is 0 Å². The molecule has 0 aromatic heterocycles. The standard InChI is InChI=1S/C15H23ClGeN2/c1-14(2,3)18-13(12-10-8-7-9-11-12)19(17-16)15(4,5)6/h7-11H,1-6H3. The summed E-state index contributed by atoms with van der Waals surface area (Å²) in [5.74, 6) is 1.01. The molecule has 0 N–H and O–H groups in total. The number of halogens is 1. The monoisotopic (exact) mass is 340 g/mol. The quantitative estimate of drug-likeness (QED) is 0.450. The third kappa shape index (κ3) is 5.19. The molecule has 0 aliphatic rings. The molecule has 2 nitrogen and oxygen atoms in total. The molecule has 0 atom stereocenters. The molecule has 0 aliphatic carbocycles. The summed E-state index contributed by atoms with van der Waals surface area (Å²) in [6, 6.07) is 10.3. The van der Waals surface area contributed by atoms with E-state index in [4.69, 9.17) is 15.0 Å². The molecule has 2 radical (unpaired) electrons. The van der Waals surface area contributed by atoms with Gasteiger partial charge in [-0.2, -0.15) is 0 Å². The number of rotatable bonds is 2. The van der Waals surface area contributed by atoms with Gasteiger partial charge in [0.25, 0.3) is 0 Å². The van der Waals surface area contributed by atoms with Crippen LogP contribution in [-0.2, 0) is 0 Å². The molecule has 0 saturated carbocycles. The molecule has 0 heterocycles. The van der Waals surface area contributed by atoms with Crippen molar-refractivity contribution < 1.29 is 0 Å². The van der Waals surface area contributed by atoms with Gasteiger partial charge in [0, 0.05) is 0 Å². The molecular formula is C15H23ClGeN2. The van der Waals surface area contributed by atoms with Crippen molar-refractivity contribution in [2.75, 3.05) is 0 Å². The van der Waals surface area contributed by atoms with Gasteiger partial charge in [0.05, 0.1) is 0 Å². The van der Waals surface area contributed by atoms with E-state index in [-0.39, 0.29) is 11.1 Å². The van der Waals surface area contributed by atoms with Gasteiger partial charge in [0.2, 0.25) is 0 Å². The zero-order valence-electron chi connectivity index (χ0n) is 12.7. The molecule has 19 heavy (non-hydrogen) atoms. The topological polar surface area (TPSA) is 15.6 Å². The minimum atomic E-state index is -0.733. The molecule has 0 spiro atoms. The third-order valence-corrected chi connectivity index (χ3v) is 5.53. The predicted octanol–water partition coefficient (Wildman–Crippen LogP) is 4.11. The fourth-order valence-corrected chi connectivity index (χ4v) is 4.44. The number of nitrogens with zero attached hydrogens (tertiary/aromatic N) is 2.